The monoisotopic (exact) mass is 202 g/mol. The van der Waals surface area contributed by atoms with E-state index in [0.29, 0.717) is 6.42 Å². The van der Waals surface area contributed by atoms with E-state index in [1.54, 1.807) is 6.07 Å². The Kier molecular flexibility index (Phi) is 5.77. The fourth-order valence-corrected chi connectivity index (χ4v) is 1.20. The Balaban J connectivity index is 4.11. The third kappa shape index (κ3) is 4.17. The zero-order valence-electron chi connectivity index (χ0n) is 8.33. The van der Waals surface area contributed by atoms with Crippen molar-refractivity contribution in [1.82, 2.24) is 0 Å². The molecule has 0 aliphatic heterocycles. The van der Waals surface area contributed by atoms with Gasteiger partial charge >= 0.3 is 5.79 Å². The predicted molar refractivity (Wildman–Crippen MR) is 49.8 cm³/mol. The summed E-state index contributed by atoms with van der Waals surface area (Å²) in [5.41, 5.74) is 0. The standard InChI is InChI=1S/C9H15FN2O2/c1-2-3-4-6-9(10,12(13)14)7-5-8-11/h2-7H2,1H3. The van der Waals surface area contributed by atoms with Gasteiger partial charge in [0.2, 0.25) is 0 Å². The van der Waals surface area contributed by atoms with Crippen LogP contribution >= 0.6 is 0 Å². The molecular weight excluding hydrogens is 187 g/mol. The smallest absolute Gasteiger partial charge is 0.261 e. The van der Waals surface area contributed by atoms with E-state index in [4.69, 9.17) is 5.26 Å². The van der Waals surface area contributed by atoms with Gasteiger partial charge in [0.05, 0.1) is 17.4 Å². The molecule has 0 N–H and O–H groups in total. The first kappa shape index (κ1) is 12.8. The van der Waals surface area contributed by atoms with Crippen LogP contribution in [0.4, 0.5) is 4.39 Å². The highest BCUT2D eigenvalue weighted by molar-refractivity contribution is 4.76. The van der Waals surface area contributed by atoms with Crippen molar-refractivity contribution in [2.45, 2.75) is 51.2 Å². The van der Waals surface area contributed by atoms with Crippen LogP contribution in [0.15, 0.2) is 0 Å². The second-order valence-electron chi connectivity index (χ2n) is 3.29. The molecule has 80 valence electrons. The number of hydrogen-bond acceptors (Lipinski definition) is 3. The molecule has 0 heterocycles. The molecule has 1 atom stereocenters. The summed E-state index contributed by atoms with van der Waals surface area (Å²) in [5.74, 6) is -2.40. The first-order valence-electron chi connectivity index (χ1n) is 4.77. The summed E-state index contributed by atoms with van der Waals surface area (Å²) >= 11 is 0. The van der Waals surface area contributed by atoms with Crippen molar-refractivity contribution >= 4 is 0 Å². The lowest BCUT2D eigenvalue weighted by molar-refractivity contribution is -0.608. The van der Waals surface area contributed by atoms with Gasteiger partial charge in [0.1, 0.15) is 0 Å². The third-order valence-corrected chi connectivity index (χ3v) is 2.11. The fraction of sp³-hybridized carbons (Fsp3) is 0.889. The highest BCUT2D eigenvalue weighted by Crippen LogP contribution is 2.25. The molecule has 0 amide bonds. The number of hydrogen-bond donors (Lipinski definition) is 0. The zero-order valence-corrected chi connectivity index (χ0v) is 8.33. The number of nitro groups is 1. The second kappa shape index (κ2) is 6.30. The van der Waals surface area contributed by atoms with Crippen molar-refractivity contribution in [1.29, 1.82) is 5.26 Å². The van der Waals surface area contributed by atoms with Crippen LogP contribution in [0.2, 0.25) is 0 Å². The number of unbranched alkanes of at least 4 members (excludes halogenated alkanes) is 2. The largest absolute Gasteiger partial charge is 0.359 e. The summed E-state index contributed by atoms with van der Waals surface area (Å²) < 4.78 is 13.6. The van der Waals surface area contributed by atoms with Crippen LogP contribution in [0, 0.1) is 21.4 Å². The highest BCUT2D eigenvalue weighted by atomic mass is 19.1. The van der Waals surface area contributed by atoms with E-state index in [0.717, 1.165) is 12.8 Å². The van der Waals surface area contributed by atoms with E-state index in [1.807, 2.05) is 6.92 Å². The Labute approximate surface area is 82.9 Å². The average molecular weight is 202 g/mol. The van der Waals surface area contributed by atoms with Gasteiger partial charge in [-0.2, -0.15) is 9.65 Å². The van der Waals surface area contributed by atoms with Crippen LogP contribution in [0.3, 0.4) is 0 Å². The normalized spacial score (nSPS) is 14.4. The van der Waals surface area contributed by atoms with E-state index in [9.17, 15) is 14.5 Å². The third-order valence-electron chi connectivity index (χ3n) is 2.11. The summed E-state index contributed by atoms with van der Waals surface area (Å²) in [6.45, 7) is 1.95. The number of nitriles is 1. The Morgan fingerprint density at radius 2 is 2.14 bits per heavy atom. The summed E-state index contributed by atoms with van der Waals surface area (Å²) in [6, 6.07) is 1.72. The zero-order chi connectivity index (χ0) is 11.0. The minimum Gasteiger partial charge on any atom is -0.261 e. The quantitative estimate of drug-likeness (QED) is 0.276. The second-order valence-corrected chi connectivity index (χ2v) is 3.29. The van der Waals surface area contributed by atoms with Crippen molar-refractivity contribution < 1.29 is 9.31 Å². The molecule has 1 unspecified atom stereocenters. The van der Waals surface area contributed by atoms with Crippen molar-refractivity contribution in [3.63, 3.8) is 0 Å². The van der Waals surface area contributed by atoms with E-state index in [-0.39, 0.29) is 19.3 Å². The molecule has 0 aliphatic rings. The van der Waals surface area contributed by atoms with Crippen LogP contribution in [0.5, 0.6) is 0 Å². The van der Waals surface area contributed by atoms with Crippen molar-refractivity contribution in [2.24, 2.45) is 0 Å². The van der Waals surface area contributed by atoms with Gasteiger partial charge in [0.25, 0.3) is 0 Å². The molecule has 0 saturated carbocycles. The summed E-state index contributed by atoms with van der Waals surface area (Å²) in [6.07, 6.45) is 1.68. The molecule has 0 aromatic carbocycles. The van der Waals surface area contributed by atoms with Crippen molar-refractivity contribution in [3.8, 4) is 6.07 Å². The molecule has 0 radical (unpaired) electrons. The van der Waals surface area contributed by atoms with Crippen molar-refractivity contribution in [3.05, 3.63) is 10.1 Å². The highest BCUT2D eigenvalue weighted by Gasteiger charge is 2.41. The molecule has 4 nitrogen and oxygen atoms in total. The molecule has 0 fully saturated rings. The van der Waals surface area contributed by atoms with Crippen LogP contribution in [-0.2, 0) is 0 Å². The number of nitrogens with zero attached hydrogens (tertiary/aromatic N) is 2. The first-order valence-corrected chi connectivity index (χ1v) is 4.77. The van der Waals surface area contributed by atoms with Gasteiger partial charge in [-0.15, -0.1) is 0 Å². The molecular formula is C9H15FN2O2. The summed E-state index contributed by atoms with van der Waals surface area (Å²) in [4.78, 5) is 9.54. The van der Waals surface area contributed by atoms with E-state index >= 15 is 0 Å². The Morgan fingerprint density at radius 3 is 2.57 bits per heavy atom. The molecule has 0 spiro atoms. The van der Waals surface area contributed by atoms with Gasteiger partial charge in [-0.05, 0) is 6.42 Å². The van der Waals surface area contributed by atoms with Crippen LogP contribution < -0.4 is 0 Å². The molecule has 0 aromatic heterocycles. The fourth-order valence-electron chi connectivity index (χ4n) is 1.20. The maximum Gasteiger partial charge on any atom is 0.359 e. The maximum absolute atomic E-state index is 13.6. The first-order chi connectivity index (χ1) is 6.56. The lowest BCUT2D eigenvalue weighted by Crippen LogP contribution is -2.32. The molecule has 14 heavy (non-hydrogen) atoms. The van der Waals surface area contributed by atoms with Gasteiger partial charge < -0.3 is 0 Å². The molecule has 0 bridgehead atoms. The number of halogens is 1. The molecule has 0 saturated heterocycles. The minimum absolute atomic E-state index is 0.0878. The van der Waals surface area contributed by atoms with Gasteiger partial charge in [-0.25, -0.2) is 0 Å². The Bertz CT molecular complexity index is 227. The maximum atomic E-state index is 13.6. The Morgan fingerprint density at radius 1 is 1.50 bits per heavy atom. The lowest BCUT2D eigenvalue weighted by Gasteiger charge is -2.14. The number of alkyl halides is 1. The van der Waals surface area contributed by atoms with Gasteiger partial charge in [0, 0.05) is 12.8 Å². The van der Waals surface area contributed by atoms with E-state index in [2.05, 4.69) is 0 Å². The lowest BCUT2D eigenvalue weighted by atomic mass is 10.0. The summed E-state index contributed by atoms with van der Waals surface area (Å²) in [7, 11) is 0. The number of rotatable bonds is 7. The van der Waals surface area contributed by atoms with Gasteiger partial charge in [-0.3, -0.25) is 10.1 Å². The predicted octanol–water partition coefficient (Wildman–Crippen LogP) is 2.81. The van der Waals surface area contributed by atoms with Crippen LogP contribution in [0.1, 0.15) is 45.4 Å². The molecule has 0 aliphatic carbocycles. The van der Waals surface area contributed by atoms with Gasteiger partial charge in [0.15, 0.2) is 0 Å². The van der Waals surface area contributed by atoms with Crippen molar-refractivity contribution in [2.75, 3.05) is 0 Å². The Hall–Kier alpha value is -1.18. The minimum atomic E-state index is -2.40. The molecule has 5 heteroatoms. The summed E-state index contributed by atoms with van der Waals surface area (Å²) in [5, 5.41) is 18.7. The average Bonchev–Trinajstić information content (AvgIpc) is 2.15. The van der Waals surface area contributed by atoms with Gasteiger partial charge in [-0.1, -0.05) is 19.8 Å². The topological polar surface area (TPSA) is 66.9 Å². The van der Waals surface area contributed by atoms with Crippen LogP contribution in [-0.4, -0.2) is 10.7 Å². The van der Waals surface area contributed by atoms with E-state index < -0.39 is 10.7 Å². The molecule has 0 aromatic rings. The van der Waals surface area contributed by atoms with Crippen LogP contribution in [0.25, 0.3) is 0 Å². The van der Waals surface area contributed by atoms with E-state index in [1.165, 1.54) is 0 Å². The SMILES string of the molecule is CCCCCC(F)(CCC#N)[N+](=O)[O-]. The molecule has 0 rings (SSSR count).